The third-order valence-electron chi connectivity index (χ3n) is 13.8. The van der Waals surface area contributed by atoms with Crippen molar-refractivity contribution in [1.82, 2.24) is 9.03 Å². The third-order valence-corrected chi connectivity index (χ3v) is 27.1. The Morgan fingerprint density at radius 1 is 0.560 bits per heavy atom. The standard InChI is InChI=1S/C30H36N2O4SSi.C27H32N2O4SSi.2CH4/c1-6-22-31(5)37(34,35)25-19-17-24(18-20-25)32-23-21-28(29(32)33)36-38(30(2,3)4,26-13-9-7-10-14-26)27-15-11-8-12-16-27;1-27(2,3)35(23-11-7-5-8-12-23,24-13-9-6-10-14-24)33-25-19-20-29(26(25)30)21-15-17-22(18-16-21)34(31,32)28-4;;/h6-20,28H,1,21-23H2,2-5H3;5-18,25,28H,19-20H2,1-4H3;2*1H4/t28-;25-;;/m11../s1. The number of hydrogen-bond donors (Lipinski definition) is 1. The molecule has 2 aliphatic heterocycles. The lowest BCUT2D eigenvalue weighted by Gasteiger charge is -2.44. The fraction of sp³-hybridized carbons (Fsp3) is 0.322. The van der Waals surface area contributed by atoms with E-state index in [1.807, 2.05) is 72.8 Å². The predicted octanol–water partition coefficient (Wildman–Crippen LogP) is 8.72. The van der Waals surface area contributed by atoms with Gasteiger partial charge in [0.15, 0.2) is 0 Å². The minimum Gasteiger partial charge on any atom is -0.395 e. The molecule has 6 aromatic rings. The van der Waals surface area contributed by atoms with Crippen LogP contribution in [0.2, 0.25) is 10.1 Å². The van der Waals surface area contributed by atoms with Crippen LogP contribution in [0.3, 0.4) is 0 Å². The summed E-state index contributed by atoms with van der Waals surface area (Å²) in [5.74, 6) is -0.195. The van der Waals surface area contributed by atoms with Crippen LogP contribution in [-0.4, -0.2) is 95.5 Å². The number of benzene rings is 6. The lowest BCUT2D eigenvalue weighted by molar-refractivity contribution is -0.123. The summed E-state index contributed by atoms with van der Waals surface area (Å²) >= 11 is 0. The zero-order valence-electron chi connectivity index (χ0n) is 43.1. The lowest BCUT2D eigenvalue weighted by atomic mass is 10.2. The van der Waals surface area contributed by atoms with Gasteiger partial charge in [-0.25, -0.2) is 21.6 Å². The van der Waals surface area contributed by atoms with Gasteiger partial charge in [-0.2, -0.15) is 4.31 Å². The van der Waals surface area contributed by atoms with Gasteiger partial charge in [0.2, 0.25) is 20.0 Å². The van der Waals surface area contributed by atoms with Crippen LogP contribution in [0.4, 0.5) is 11.4 Å². The second-order valence-corrected chi connectivity index (χ2v) is 32.8. The highest BCUT2D eigenvalue weighted by atomic mass is 32.2. The molecule has 1 N–H and O–H groups in total. The van der Waals surface area contributed by atoms with Crippen molar-refractivity contribution in [3.63, 3.8) is 0 Å². The Morgan fingerprint density at radius 2 is 0.867 bits per heavy atom. The largest absolute Gasteiger partial charge is 0.395 e. The Morgan fingerprint density at radius 3 is 1.15 bits per heavy atom. The maximum Gasteiger partial charge on any atom is 0.262 e. The van der Waals surface area contributed by atoms with Crippen LogP contribution >= 0.6 is 0 Å². The maximum atomic E-state index is 13.7. The second kappa shape index (κ2) is 24.4. The molecule has 8 rings (SSSR count). The molecule has 2 atom stereocenters. The van der Waals surface area contributed by atoms with Gasteiger partial charge in [-0.3, -0.25) is 9.59 Å². The van der Waals surface area contributed by atoms with Gasteiger partial charge in [0, 0.05) is 38.1 Å². The molecule has 0 aromatic heterocycles. The van der Waals surface area contributed by atoms with Crippen LogP contribution in [0.25, 0.3) is 0 Å². The quantitative estimate of drug-likeness (QED) is 0.0750. The highest BCUT2D eigenvalue weighted by Gasteiger charge is 2.55. The molecule has 12 nitrogen and oxygen atoms in total. The predicted molar refractivity (Wildman–Crippen MR) is 312 cm³/mol. The normalized spacial score (nSPS) is 16.4. The summed E-state index contributed by atoms with van der Waals surface area (Å²) in [7, 11) is -10.0. The van der Waals surface area contributed by atoms with Gasteiger partial charge in [-0.1, -0.05) is 184 Å². The Bertz CT molecular complexity index is 2990. The van der Waals surface area contributed by atoms with Crippen molar-refractivity contribution >= 4 is 80.6 Å². The maximum absolute atomic E-state index is 13.7. The van der Waals surface area contributed by atoms with Crippen LogP contribution in [0.15, 0.2) is 192 Å². The molecule has 0 saturated carbocycles. The van der Waals surface area contributed by atoms with Gasteiger partial charge in [0.25, 0.3) is 28.4 Å². The Kier molecular flexibility index (Phi) is 19.6. The van der Waals surface area contributed by atoms with Gasteiger partial charge in [0.05, 0.1) is 9.79 Å². The molecule has 2 fully saturated rings. The van der Waals surface area contributed by atoms with E-state index in [-0.39, 0.29) is 53.1 Å². The summed E-state index contributed by atoms with van der Waals surface area (Å²) in [4.78, 5) is 31.1. The number of carbonyl (C=O) groups excluding carboxylic acids is 2. The monoisotopic (exact) mass is 1090 g/mol. The van der Waals surface area contributed by atoms with Crippen molar-refractivity contribution in [3.8, 4) is 0 Å². The molecular formula is C59H76N4O8S2Si2. The zero-order chi connectivity index (χ0) is 52.8. The molecule has 2 saturated heterocycles. The van der Waals surface area contributed by atoms with E-state index in [4.69, 9.17) is 8.85 Å². The fourth-order valence-corrected chi connectivity index (χ4v) is 21.2. The second-order valence-electron chi connectivity index (χ2n) is 20.4. The molecule has 0 spiro atoms. The van der Waals surface area contributed by atoms with E-state index in [1.54, 1.807) is 52.3 Å². The minimum atomic E-state index is -3.63. The minimum absolute atomic E-state index is 0. The number of amides is 2. The van der Waals surface area contributed by atoms with E-state index in [1.165, 1.54) is 30.5 Å². The van der Waals surface area contributed by atoms with Gasteiger partial charge in [0.1, 0.15) is 12.2 Å². The van der Waals surface area contributed by atoms with Gasteiger partial charge in [-0.05, 0) is 99.2 Å². The van der Waals surface area contributed by atoms with E-state index in [2.05, 4.69) is 101 Å². The summed E-state index contributed by atoms with van der Waals surface area (Å²) in [5, 5.41) is 4.05. The highest BCUT2D eigenvalue weighted by molar-refractivity contribution is 7.89. The number of anilines is 2. The molecule has 6 aromatic carbocycles. The lowest BCUT2D eigenvalue weighted by Crippen LogP contribution is -2.68. The first-order valence-corrected chi connectivity index (χ1v) is 31.3. The SMILES string of the molecule is C.C.C=CCN(C)S(=O)(=O)c1ccc(N2CC[C@@H](O[Si](c3ccccc3)(c3ccccc3)C(C)(C)C)C2=O)cc1.CNS(=O)(=O)c1ccc(N2CC[C@@H](O[Si](c3ccccc3)(c3ccccc3)C(C)(C)C)C2=O)cc1. The summed E-state index contributed by atoms with van der Waals surface area (Å²) in [6.07, 6.45) is 1.50. The summed E-state index contributed by atoms with van der Waals surface area (Å²) in [5.41, 5.74) is 1.33. The van der Waals surface area contributed by atoms with Crippen LogP contribution in [0.1, 0.15) is 69.2 Å². The summed E-state index contributed by atoms with van der Waals surface area (Å²) in [6.45, 7) is 18.0. The van der Waals surface area contributed by atoms with E-state index in [0.29, 0.717) is 37.3 Å². The summed E-state index contributed by atoms with van der Waals surface area (Å²) < 4.78 is 67.3. The first kappa shape index (κ1) is 60.0. The smallest absolute Gasteiger partial charge is 0.262 e. The van der Waals surface area contributed by atoms with Gasteiger partial charge >= 0.3 is 0 Å². The molecule has 0 aliphatic carbocycles. The molecule has 0 unspecified atom stereocenters. The molecule has 16 heteroatoms. The average Bonchev–Trinajstić information content (AvgIpc) is 3.94. The van der Waals surface area contributed by atoms with Crippen molar-refractivity contribution in [3.05, 3.63) is 183 Å². The zero-order valence-corrected chi connectivity index (χ0v) is 46.7. The van der Waals surface area contributed by atoms with Crippen LogP contribution in [0, 0.1) is 0 Å². The van der Waals surface area contributed by atoms with E-state index in [0.717, 1.165) is 20.7 Å². The average molecular weight is 1090 g/mol. The number of hydrogen-bond acceptors (Lipinski definition) is 8. The molecule has 2 heterocycles. The Hall–Kier alpha value is -5.83. The van der Waals surface area contributed by atoms with Crippen molar-refractivity contribution in [2.45, 2.75) is 101 Å². The van der Waals surface area contributed by atoms with E-state index >= 15 is 0 Å². The molecule has 75 heavy (non-hydrogen) atoms. The van der Waals surface area contributed by atoms with Crippen molar-refractivity contribution in [2.24, 2.45) is 0 Å². The molecule has 2 aliphatic rings. The number of sulfonamides is 2. The van der Waals surface area contributed by atoms with E-state index in [9.17, 15) is 26.4 Å². The van der Waals surface area contributed by atoms with Gasteiger partial charge in [-0.15, -0.1) is 6.58 Å². The number of likely N-dealkylation sites (N-methyl/N-ethyl adjacent to an activating group) is 1. The molecule has 0 bridgehead atoms. The topological polar surface area (TPSA) is 143 Å². The van der Waals surface area contributed by atoms with Crippen molar-refractivity contribution < 1.29 is 35.3 Å². The van der Waals surface area contributed by atoms with Crippen molar-refractivity contribution in [1.29, 1.82) is 0 Å². The number of rotatable bonds is 16. The number of nitrogens with zero attached hydrogens (tertiary/aromatic N) is 3. The van der Waals surface area contributed by atoms with E-state index < -0.39 is 48.9 Å². The van der Waals surface area contributed by atoms with Crippen LogP contribution < -0.4 is 35.3 Å². The molecule has 0 radical (unpaired) electrons. The fourth-order valence-electron chi connectivity index (χ4n) is 10.0. The Labute approximate surface area is 449 Å². The number of nitrogens with one attached hydrogen (secondary N) is 1. The first-order valence-electron chi connectivity index (χ1n) is 24.5. The summed E-state index contributed by atoms with van der Waals surface area (Å²) in [6, 6.07) is 54.0. The van der Waals surface area contributed by atoms with Gasteiger partial charge < -0.3 is 18.7 Å². The Balaban J connectivity index is 0.000000271. The van der Waals surface area contributed by atoms with Crippen LogP contribution in [-0.2, 0) is 38.5 Å². The molecule has 400 valence electrons. The van der Waals surface area contributed by atoms with Crippen molar-refractivity contribution in [2.75, 3.05) is 43.5 Å². The third kappa shape index (κ3) is 12.2. The highest BCUT2D eigenvalue weighted by Crippen LogP contribution is 2.41. The number of carbonyl (C=O) groups is 2. The molecular weight excluding hydrogens is 1010 g/mol. The first-order chi connectivity index (χ1) is 34.6. The van der Waals surface area contributed by atoms with Crippen LogP contribution in [0.5, 0.6) is 0 Å². The molecule has 2 amide bonds.